The molecule has 0 unspecified atom stereocenters. The summed E-state index contributed by atoms with van der Waals surface area (Å²) in [5.41, 5.74) is 0. The van der Waals surface area contributed by atoms with Crippen molar-refractivity contribution in [2.45, 2.75) is 6.92 Å². The van der Waals surface area contributed by atoms with Crippen LogP contribution in [-0.4, -0.2) is 5.90 Å². The first kappa shape index (κ1) is 6.29. The van der Waals surface area contributed by atoms with E-state index in [-0.39, 0.29) is 5.90 Å². The van der Waals surface area contributed by atoms with E-state index in [4.69, 9.17) is 10.1 Å². The number of hydrogen-bond acceptors (Lipinski definition) is 3. The van der Waals surface area contributed by atoms with Gasteiger partial charge in [-0.25, -0.2) is 0 Å². The van der Waals surface area contributed by atoms with Gasteiger partial charge in [-0.2, -0.15) is 0 Å². The van der Waals surface area contributed by atoms with Crippen LogP contribution in [0.15, 0.2) is 17.5 Å². The van der Waals surface area contributed by atoms with Gasteiger partial charge in [0.05, 0.1) is 0 Å². The molecule has 0 fully saturated rings. The van der Waals surface area contributed by atoms with Crippen LogP contribution in [0.4, 0.5) is 0 Å². The number of nitrogens with one attached hydrogen (secondary N) is 1. The predicted molar refractivity (Wildman–Crippen MR) is 38.3 cm³/mol. The smallest absolute Gasteiger partial charge is 0.185 e. The maximum Gasteiger partial charge on any atom is 0.185 e. The zero-order chi connectivity index (χ0) is 6.69. The molecule has 0 aliphatic heterocycles. The van der Waals surface area contributed by atoms with Gasteiger partial charge in [0.2, 0.25) is 0 Å². The highest BCUT2D eigenvalue weighted by atomic mass is 32.1. The number of rotatable bonds is 1. The summed E-state index contributed by atoms with van der Waals surface area (Å²) in [4.78, 5) is 0. The Morgan fingerprint density at radius 1 is 1.78 bits per heavy atom. The summed E-state index contributed by atoms with van der Waals surface area (Å²) >= 11 is 1.49. The molecule has 48 valence electrons. The third-order valence-corrected chi connectivity index (χ3v) is 1.49. The average molecular weight is 141 g/mol. The van der Waals surface area contributed by atoms with Gasteiger partial charge in [-0.15, -0.1) is 11.3 Å². The molecule has 0 spiro atoms. The van der Waals surface area contributed by atoms with Gasteiger partial charge in [-0.3, -0.25) is 5.41 Å². The van der Waals surface area contributed by atoms with E-state index in [2.05, 4.69) is 0 Å². The molecular formula is C6H7NOS. The fourth-order valence-corrected chi connectivity index (χ4v) is 1.09. The molecule has 3 heteroatoms. The van der Waals surface area contributed by atoms with Crippen LogP contribution in [0.25, 0.3) is 0 Å². The minimum atomic E-state index is 0.234. The van der Waals surface area contributed by atoms with E-state index in [1.54, 1.807) is 6.92 Å². The lowest BCUT2D eigenvalue weighted by Crippen LogP contribution is -1.97. The molecule has 1 aromatic heterocycles. The standard InChI is InChI=1S/C6H7NOS/c1-5(7)8-6-3-2-4-9-6/h2-4,7H,1H3. The highest BCUT2D eigenvalue weighted by molar-refractivity contribution is 7.11. The molecule has 0 saturated carbocycles. The molecule has 1 heterocycles. The monoisotopic (exact) mass is 141 g/mol. The van der Waals surface area contributed by atoms with Crippen molar-refractivity contribution in [1.29, 1.82) is 5.41 Å². The Kier molecular flexibility index (Phi) is 1.85. The normalized spacial score (nSPS) is 9.00. The molecule has 0 aliphatic rings. The largest absolute Gasteiger partial charge is 0.433 e. The lowest BCUT2D eigenvalue weighted by molar-refractivity contribution is 0.557. The van der Waals surface area contributed by atoms with Crippen LogP contribution < -0.4 is 4.74 Å². The van der Waals surface area contributed by atoms with Gasteiger partial charge in [0, 0.05) is 6.92 Å². The summed E-state index contributed by atoms with van der Waals surface area (Å²) in [5, 5.41) is 9.65. The Morgan fingerprint density at radius 2 is 2.56 bits per heavy atom. The van der Waals surface area contributed by atoms with E-state index in [0.29, 0.717) is 0 Å². The lowest BCUT2D eigenvalue weighted by Gasteiger charge is -1.95. The molecule has 0 aromatic carbocycles. The molecule has 1 rings (SSSR count). The summed E-state index contributed by atoms with van der Waals surface area (Å²) in [6, 6.07) is 3.73. The summed E-state index contributed by atoms with van der Waals surface area (Å²) < 4.78 is 4.96. The van der Waals surface area contributed by atoms with Crippen LogP contribution >= 0.6 is 11.3 Å². The minimum Gasteiger partial charge on any atom is -0.433 e. The second kappa shape index (κ2) is 2.64. The molecule has 0 amide bonds. The van der Waals surface area contributed by atoms with Crippen molar-refractivity contribution in [2.24, 2.45) is 0 Å². The van der Waals surface area contributed by atoms with Gasteiger partial charge in [-0.1, -0.05) is 0 Å². The first-order valence-corrected chi connectivity index (χ1v) is 3.43. The Balaban J connectivity index is 2.58. The quantitative estimate of drug-likeness (QED) is 0.471. The first-order chi connectivity index (χ1) is 4.29. The molecule has 9 heavy (non-hydrogen) atoms. The van der Waals surface area contributed by atoms with Crippen molar-refractivity contribution in [3.63, 3.8) is 0 Å². The molecule has 0 aliphatic carbocycles. The molecular weight excluding hydrogens is 134 g/mol. The zero-order valence-electron chi connectivity index (χ0n) is 5.05. The first-order valence-electron chi connectivity index (χ1n) is 2.55. The van der Waals surface area contributed by atoms with Crippen molar-refractivity contribution >= 4 is 17.2 Å². The average Bonchev–Trinajstić information content (AvgIpc) is 2.15. The highest BCUT2D eigenvalue weighted by Crippen LogP contribution is 2.17. The van der Waals surface area contributed by atoms with Gasteiger partial charge < -0.3 is 4.74 Å². The Morgan fingerprint density at radius 3 is 3.00 bits per heavy atom. The lowest BCUT2D eigenvalue weighted by atomic mass is 10.6. The highest BCUT2D eigenvalue weighted by Gasteiger charge is 1.92. The van der Waals surface area contributed by atoms with Crippen LogP contribution in [0.5, 0.6) is 5.06 Å². The number of hydrogen-bond donors (Lipinski definition) is 1. The van der Waals surface area contributed by atoms with Crippen LogP contribution in [-0.2, 0) is 0 Å². The Hall–Kier alpha value is -0.830. The Bertz CT molecular complexity index is 193. The third kappa shape index (κ3) is 1.85. The third-order valence-electron chi connectivity index (χ3n) is 0.749. The van der Waals surface area contributed by atoms with E-state index >= 15 is 0 Å². The van der Waals surface area contributed by atoms with Gasteiger partial charge in [-0.05, 0) is 17.5 Å². The fourth-order valence-electron chi connectivity index (χ4n) is 0.472. The number of ether oxygens (including phenoxy) is 1. The van der Waals surface area contributed by atoms with Crippen molar-refractivity contribution < 1.29 is 4.74 Å². The van der Waals surface area contributed by atoms with Crippen molar-refractivity contribution in [2.75, 3.05) is 0 Å². The maximum absolute atomic E-state index is 6.96. The van der Waals surface area contributed by atoms with Crippen molar-refractivity contribution in [1.82, 2.24) is 0 Å². The maximum atomic E-state index is 6.96. The second-order valence-electron chi connectivity index (χ2n) is 1.59. The fraction of sp³-hybridized carbons (Fsp3) is 0.167. The SMILES string of the molecule is CC(=N)Oc1cccs1. The van der Waals surface area contributed by atoms with Gasteiger partial charge in [0.1, 0.15) is 0 Å². The second-order valence-corrected chi connectivity index (χ2v) is 2.50. The van der Waals surface area contributed by atoms with E-state index < -0.39 is 0 Å². The number of thiophene rings is 1. The molecule has 0 radical (unpaired) electrons. The predicted octanol–water partition coefficient (Wildman–Crippen LogP) is 2.12. The van der Waals surface area contributed by atoms with Gasteiger partial charge in [0.25, 0.3) is 0 Å². The van der Waals surface area contributed by atoms with Gasteiger partial charge >= 0.3 is 0 Å². The molecule has 0 atom stereocenters. The molecule has 0 bridgehead atoms. The summed E-state index contributed by atoms with van der Waals surface area (Å²) in [7, 11) is 0. The molecule has 1 N–H and O–H groups in total. The van der Waals surface area contributed by atoms with E-state index in [9.17, 15) is 0 Å². The molecule has 2 nitrogen and oxygen atoms in total. The van der Waals surface area contributed by atoms with E-state index in [0.717, 1.165) is 5.06 Å². The topological polar surface area (TPSA) is 33.1 Å². The zero-order valence-corrected chi connectivity index (χ0v) is 5.87. The minimum absolute atomic E-state index is 0.234. The van der Waals surface area contributed by atoms with Crippen molar-refractivity contribution in [3.05, 3.63) is 17.5 Å². The molecule has 0 saturated heterocycles. The van der Waals surface area contributed by atoms with Crippen LogP contribution in [0, 0.1) is 5.41 Å². The summed E-state index contributed by atoms with van der Waals surface area (Å²) in [5.74, 6) is 0.234. The summed E-state index contributed by atoms with van der Waals surface area (Å²) in [6.45, 7) is 1.61. The van der Waals surface area contributed by atoms with Crippen LogP contribution in [0.1, 0.15) is 6.92 Å². The molecule has 1 aromatic rings. The van der Waals surface area contributed by atoms with Gasteiger partial charge in [0.15, 0.2) is 11.0 Å². The van der Waals surface area contributed by atoms with E-state index in [1.807, 2.05) is 17.5 Å². The van der Waals surface area contributed by atoms with Crippen LogP contribution in [0.2, 0.25) is 0 Å². The van der Waals surface area contributed by atoms with Crippen molar-refractivity contribution in [3.8, 4) is 5.06 Å². The summed E-state index contributed by atoms with van der Waals surface area (Å²) in [6.07, 6.45) is 0. The Labute approximate surface area is 57.6 Å². The van der Waals surface area contributed by atoms with Crippen LogP contribution in [0.3, 0.4) is 0 Å². The van der Waals surface area contributed by atoms with E-state index in [1.165, 1.54) is 11.3 Å².